The maximum atomic E-state index is 5.29. The molecule has 0 aliphatic heterocycles. The standard InChI is InChI=1S/C26H22N4O2/c1-31-21-12-8-18(9-13-21)16-25-27-23(19-6-4-3-5-7-19)17-24-26(28-29-30(24)25)20-10-14-22(32-2)15-11-20/h3-15,17H,16H2,1-2H3. The van der Waals surface area contributed by atoms with E-state index in [1.54, 1.807) is 14.2 Å². The Morgan fingerprint density at radius 3 is 2.06 bits per heavy atom. The predicted octanol–water partition coefficient (Wildman–Crippen LogP) is 5.07. The highest BCUT2D eigenvalue weighted by atomic mass is 16.5. The molecule has 0 aliphatic rings. The van der Waals surface area contributed by atoms with Gasteiger partial charge in [-0.3, -0.25) is 0 Å². The molecular formula is C26H22N4O2. The second kappa shape index (κ2) is 8.51. The quantitative estimate of drug-likeness (QED) is 0.382. The molecule has 32 heavy (non-hydrogen) atoms. The van der Waals surface area contributed by atoms with Crippen molar-refractivity contribution in [1.29, 1.82) is 0 Å². The minimum atomic E-state index is 0.618. The maximum absolute atomic E-state index is 5.29. The molecule has 0 amide bonds. The third-order valence-corrected chi connectivity index (χ3v) is 5.43. The smallest absolute Gasteiger partial charge is 0.137 e. The van der Waals surface area contributed by atoms with E-state index >= 15 is 0 Å². The Morgan fingerprint density at radius 1 is 0.750 bits per heavy atom. The summed E-state index contributed by atoms with van der Waals surface area (Å²) in [5.41, 5.74) is 5.75. The van der Waals surface area contributed by atoms with E-state index in [4.69, 9.17) is 14.5 Å². The number of methoxy groups -OCH3 is 2. The van der Waals surface area contributed by atoms with Crippen LogP contribution in [0.3, 0.4) is 0 Å². The first-order valence-corrected chi connectivity index (χ1v) is 10.3. The second-order valence-electron chi connectivity index (χ2n) is 7.41. The summed E-state index contributed by atoms with van der Waals surface area (Å²) in [6.45, 7) is 0. The first kappa shape index (κ1) is 19.8. The van der Waals surface area contributed by atoms with Gasteiger partial charge in [-0.1, -0.05) is 47.7 Å². The number of aromatic nitrogens is 4. The average Bonchev–Trinajstić information content (AvgIpc) is 3.29. The second-order valence-corrected chi connectivity index (χ2v) is 7.41. The van der Waals surface area contributed by atoms with Crippen LogP contribution in [0.5, 0.6) is 11.5 Å². The molecule has 0 aliphatic carbocycles. The largest absolute Gasteiger partial charge is 0.497 e. The van der Waals surface area contributed by atoms with Crippen molar-refractivity contribution in [3.05, 3.63) is 96.3 Å². The zero-order chi connectivity index (χ0) is 21.9. The fraction of sp³-hybridized carbons (Fsp3) is 0.115. The molecule has 6 nitrogen and oxygen atoms in total. The molecule has 0 atom stereocenters. The number of ether oxygens (including phenoxy) is 2. The monoisotopic (exact) mass is 422 g/mol. The zero-order valence-electron chi connectivity index (χ0n) is 17.9. The van der Waals surface area contributed by atoms with Gasteiger partial charge in [0.2, 0.25) is 0 Å². The van der Waals surface area contributed by atoms with E-state index in [1.165, 1.54) is 0 Å². The van der Waals surface area contributed by atoms with Gasteiger partial charge in [0.05, 0.1) is 25.4 Å². The molecule has 0 unspecified atom stereocenters. The summed E-state index contributed by atoms with van der Waals surface area (Å²) in [4.78, 5) is 4.95. The van der Waals surface area contributed by atoms with Crippen molar-refractivity contribution in [3.63, 3.8) is 0 Å². The molecule has 0 saturated carbocycles. The van der Waals surface area contributed by atoms with Crippen molar-refractivity contribution in [2.75, 3.05) is 14.2 Å². The molecule has 5 rings (SSSR count). The Morgan fingerprint density at radius 2 is 1.41 bits per heavy atom. The lowest BCUT2D eigenvalue weighted by Gasteiger charge is -2.09. The fourth-order valence-electron chi connectivity index (χ4n) is 3.71. The predicted molar refractivity (Wildman–Crippen MR) is 124 cm³/mol. The molecule has 158 valence electrons. The Hall–Kier alpha value is -4.19. The van der Waals surface area contributed by atoms with E-state index in [9.17, 15) is 0 Å². The highest BCUT2D eigenvalue weighted by Crippen LogP contribution is 2.28. The maximum Gasteiger partial charge on any atom is 0.137 e. The Bertz CT molecular complexity index is 1350. The van der Waals surface area contributed by atoms with E-state index in [-0.39, 0.29) is 0 Å². The number of hydrogen-bond acceptors (Lipinski definition) is 5. The summed E-state index contributed by atoms with van der Waals surface area (Å²) in [6, 6.07) is 28.1. The van der Waals surface area contributed by atoms with Gasteiger partial charge in [-0.15, -0.1) is 5.10 Å². The summed E-state index contributed by atoms with van der Waals surface area (Å²) in [6.07, 6.45) is 0.618. The summed E-state index contributed by atoms with van der Waals surface area (Å²) in [5, 5.41) is 8.95. The Labute approximate surface area is 186 Å². The van der Waals surface area contributed by atoms with Crippen molar-refractivity contribution in [2.45, 2.75) is 6.42 Å². The molecule has 3 aromatic carbocycles. The van der Waals surface area contributed by atoms with Crippen LogP contribution in [0.15, 0.2) is 84.9 Å². The van der Waals surface area contributed by atoms with Crippen LogP contribution in [0.4, 0.5) is 0 Å². The van der Waals surface area contributed by atoms with E-state index in [2.05, 4.69) is 22.4 Å². The van der Waals surface area contributed by atoms with Crippen LogP contribution in [0.2, 0.25) is 0 Å². The SMILES string of the molecule is COc1ccc(Cc2nc(-c3ccccc3)cc3c(-c4ccc(OC)cc4)nnn23)cc1. The third-order valence-electron chi connectivity index (χ3n) is 5.43. The van der Waals surface area contributed by atoms with Crippen LogP contribution >= 0.6 is 0 Å². The van der Waals surface area contributed by atoms with Gasteiger partial charge >= 0.3 is 0 Å². The van der Waals surface area contributed by atoms with Gasteiger partial charge in [0, 0.05) is 17.5 Å². The van der Waals surface area contributed by atoms with Crippen LogP contribution < -0.4 is 9.47 Å². The van der Waals surface area contributed by atoms with Gasteiger partial charge < -0.3 is 9.47 Å². The summed E-state index contributed by atoms with van der Waals surface area (Å²) < 4.78 is 12.4. The normalized spacial score (nSPS) is 10.9. The van der Waals surface area contributed by atoms with Crippen molar-refractivity contribution in [2.24, 2.45) is 0 Å². The lowest BCUT2D eigenvalue weighted by molar-refractivity contribution is 0.414. The molecule has 2 heterocycles. The van der Waals surface area contributed by atoms with Crippen LogP contribution in [0, 0.1) is 0 Å². The highest BCUT2D eigenvalue weighted by Gasteiger charge is 2.16. The topological polar surface area (TPSA) is 61.5 Å². The van der Waals surface area contributed by atoms with Crippen LogP contribution in [0.1, 0.15) is 11.4 Å². The first-order chi connectivity index (χ1) is 15.7. The van der Waals surface area contributed by atoms with Gasteiger partial charge in [0.15, 0.2) is 0 Å². The van der Waals surface area contributed by atoms with Gasteiger partial charge in [0.25, 0.3) is 0 Å². The van der Waals surface area contributed by atoms with E-state index in [0.29, 0.717) is 6.42 Å². The molecule has 0 radical (unpaired) electrons. The van der Waals surface area contributed by atoms with Crippen molar-refractivity contribution < 1.29 is 9.47 Å². The zero-order valence-corrected chi connectivity index (χ0v) is 17.9. The molecule has 2 aromatic heterocycles. The number of nitrogens with zero attached hydrogens (tertiary/aromatic N) is 4. The van der Waals surface area contributed by atoms with E-state index in [1.807, 2.05) is 77.3 Å². The number of benzene rings is 3. The molecule has 0 saturated heterocycles. The molecule has 0 N–H and O–H groups in total. The van der Waals surface area contributed by atoms with Crippen molar-refractivity contribution in [3.8, 4) is 34.0 Å². The average molecular weight is 422 g/mol. The number of rotatable bonds is 6. The van der Waals surface area contributed by atoms with Gasteiger partial charge in [0.1, 0.15) is 23.0 Å². The molecule has 0 fully saturated rings. The minimum Gasteiger partial charge on any atom is -0.497 e. The first-order valence-electron chi connectivity index (χ1n) is 10.3. The van der Waals surface area contributed by atoms with Crippen molar-refractivity contribution >= 4 is 5.52 Å². The van der Waals surface area contributed by atoms with Gasteiger partial charge in [-0.25, -0.2) is 4.98 Å². The Kier molecular flexibility index (Phi) is 5.25. The molecule has 5 aromatic rings. The van der Waals surface area contributed by atoms with Gasteiger partial charge in [-0.2, -0.15) is 4.52 Å². The summed E-state index contributed by atoms with van der Waals surface area (Å²) >= 11 is 0. The van der Waals surface area contributed by atoms with Crippen LogP contribution in [-0.2, 0) is 6.42 Å². The minimum absolute atomic E-state index is 0.618. The van der Waals surface area contributed by atoms with Crippen LogP contribution in [-0.4, -0.2) is 34.0 Å². The summed E-state index contributed by atoms with van der Waals surface area (Å²) in [7, 11) is 3.32. The van der Waals surface area contributed by atoms with Crippen molar-refractivity contribution in [1.82, 2.24) is 19.8 Å². The van der Waals surface area contributed by atoms with E-state index < -0.39 is 0 Å². The van der Waals surface area contributed by atoms with Crippen LogP contribution in [0.25, 0.3) is 28.0 Å². The number of hydrogen-bond donors (Lipinski definition) is 0. The Balaban J connectivity index is 1.65. The lowest BCUT2D eigenvalue weighted by atomic mass is 10.1. The molecule has 0 bridgehead atoms. The highest BCUT2D eigenvalue weighted by molar-refractivity contribution is 5.80. The summed E-state index contributed by atoms with van der Waals surface area (Å²) in [5.74, 6) is 2.45. The molecular weight excluding hydrogens is 400 g/mol. The third kappa shape index (κ3) is 3.78. The lowest BCUT2D eigenvalue weighted by Crippen LogP contribution is -2.05. The van der Waals surface area contributed by atoms with E-state index in [0.717, 1.165) is 50.9 Å². The fourth-order valence-corrected chi connectivity index (χ4v) is 3.71. The molecule has 6 heteroatoms. The van der Waals surface area contributed by atoms with Gasteiger partial charge in [-0.05, 0) is 48.0 Å². The molecule has 0 spiro atoms. The number of fused-ring (bicyclic) bond motifs is 1.